The Labute approximate surface area is 180 Å². The Hall–Kier alpha value is -2.32. The third-order valence-electron chi connectivity index (χ3n) is 6.29. The molecule has 0 aromatic carbocycles. The number of pyridine rings is 1. The highest BCUT2D eigenvalue weighted by Gasteiger charge is 2.35. The molecule has 0 amide bonds. The summed E-state index contributed by atoms with van der Waals surface area (Å²) in [5.41, 5.74) is 3.34. The third-order valence-corrected chi connectivity index (χ3v) is 7.32. The van der Waals surface area contributed by atoms with E-state index in [1.54, 1.807) is 11.3 Å². The summed E-state index contributed by atoms with van der Waals surface area (Å²) in [6.45, 7) is 5.01. The van der Waals surface area contributed by atoms with Crippen molar-refractivity contribution in [3.05, 3.63) is 23.7 Å². The van der Waals surface area contributed by atoms with Crippen molar-refractivity contribution in [2.24, 2.45) is 5.92 Å². The minimum Gasteiger partial charge on any atom is -0.394 e. The van der Waals surface area contributed by atoms with Crippen LogP contribution in [-0.2, 0) is 0 Å². The van der Waals surface area contributed by atoms with Gasteiger partial charge in [0.1, 0.15) is 16.3 Å². The predicted octanol–water partition coefficient (Wildman–Crippen LogP) is 4.30. The number of aryl methyl sites for hydroxylation is 2. The number of thiazole rings is 1. The zero-order valence-corrected chi connectivity index (χ0v) is 18.3. The van der Waals surface area contributed by atoms with Gasteiger partial charge in [-0.25, -0.2) is 9.97 Å². The van der Waals surface area contributed by atoms with Gasteiger partial charge in [-0.1, -0.05) is 12.8 Å². The molecule has 0 saturated heterocycles. The Bertz CT molecular complexity index is 1070. The molecule has 0 unspecified atom stereocenters. The van der Waals surface area contributed by atoms with Crippen LogP contribution in [0.1, 0.15) is 49.9 Å². The molecule has 0 aliphatic heterocycles. The number of aromatic nitrogens is 4. The van der Waals surface area contributed by atoms with Gasteiger partial charge in [-0.05, 0) is 51.5 Å². The summed E-state index contributed by atoms with van der Waals surface area (Å²) >= 11 is 1.64. The average Bonchev–Trinajstić information content (AvgIpc) is 3.27. The van der Waals surface area contributed by atoms with E-state index in [2.05, 4.69) is 15.6 Å². The molecule has 0 spiro atoms. The molecule has 3 N–H and O–H groups in total. The van der Waals surface area contributed by atoms with Crippen molar-refractivity contribution in [1.29, 1.82) is 0 Å². The summed E-state index contributed by atoms with van der Waals surface area (Å²) in [5.74, 6) is 2.15. The predicted molar refractivity (Wildman–Crippen MR) is 121 cm³/mol. The van der Waals surface area contributed by atoms with Gasteiger partial charge in [-0.3, -0.25) is 4.98 Å². The van der Waals surface area contributed by atoms with Gasteiger partial charge < -0.3 is 15.7 Å². The first-order valence-electron chi connectivity index (χ1n) is 10.8. The maximum absolute atomic E-state index is 10.2. The largest absolute Gasteiger partial charge is 0.394 e. The molecule has 3 aromatic rings. The normalized spacial score (nSPS) is 18.1. The van der Waals surface area contributed by atoms with Gasteiger partial charge in [0.2, 0.25) is 5.95 Å². The van der Waals surface area contributed by atoms with Gasteiger partial charge in [-0.2, -0.15) is 4.98 Å². The smallest absolute Gasteiger partial charge is 0.224 e. The first kappa shape index (κ1) is 19.6. The van der Waals surface area contributed by atoms with Crippen LogP contribution >= 0.6 is 11.3 Å². The molecule has 7 nitrogen and oxygen atoms in total. The van der Waals surface area contributed by atoms with E-state index in [1.807, 2.05) is 26.1 Å². The Kier molecular flexibility index (Phi) is 5.06. The number of aliphatic hydroxyl groups is 1. The molecule has 158 valence electrons. The topological polar surface area (TPSA) is 95.9 Å². The van der Waals surface area contributed by atoms with Crippen LogP contribution in [0.2, 0.25) is 0 Å². The second-order valence-electron chi connectivity index (χ2n) is 8.71. The Balaban J connectivity index is 1.59. The summed E-state index contributed by atoms with van der Waals surface area (Å²) in [4.78, 5) is 18.9. The molecule has 8 heteroatoms. The molecule has 0 bridgehead atoms. The van der Waals surface area contributed by atoms with E-state index in [0.29, 0.717) is 5.95 Å². The molecule has 30 heavy (non-hydrogen) atoms. The van der Waals surface area contributed by atoms with Crippen LogP contribution < -0.4 is 10.6 Å². The number of anilines is 2. The third kappa shape index (κ3) is 3.74. The Morgan fingerprint density at radius 3 is 2.63 bits per heavy atom. The lowest BCUT2D eigenvalue weighted by Gasteiger charge is -2.30. The van der Waals surface area contributed by atoms with Crippen molar-refractivity contribution in [2.45, 2.75) is 57.9 Å². The maximum Gasteiger partial charge on any atom is 0.224 e. The van der Waals surface area contributed by atoms with E-state index in [0.717, 1.165) is 76.1 Å². The van der Waals surface area contributed by atoms with E-state index in [4.69, 9.17) is 15.0 Å². The van der Waals surface area contributed by atoms with Crippen LogP contribution in [0.15, 0.2) is 12.3 Å². The number of hydrogen-bond donors (Lipinski definition) is 3. The van der Waals surface area contributed by atoms with Gasteiger partial charge in [0.25, 0.3) is 0 Å². The van der Waals surface area contributed by atoms with Crippen LogP contribution in [0.4, 0.5) is 11.8 Å². The first-order valence-corrected chi connectivity index (χ1v) is 11.6. The second-order valence-corrected chi connectivity index (χ2v) is 9.74. The van der Waals surface area contributed by atoms with Crippen molar-refractivity contribution in [2.75, 3.05) is 23.8 Å². The number of nitrogens with zero attached hydrogens (tertiary/aromatic N) is 4. The average molecular weight is 425 g/mol. The van der Waals surface area contributed by atoms with Gasteiger partial charge in [0, 0.05) is 12.7 Å². The first-order chi connectivity index (χ1) is 14.6. The van der Waals surface area contributed by atoms with Gasteiger partial charge in [0.15, 0.2) is 0 Å². The van der Waals surface area contributed by atoms with Gasteiger partial charge in [-0.15, -0.1) is 11.3 Å². The van der Waals surface area contributed by atoms with Gasteiger partial charge in [0.05, 0.1) is 33.8 Å². The molecule has 3 aromatic heterocycles. The fourth-order valence-corrected chi connectivity index (χ4v) is 5.38. The summed E-state index contributed by atoms with van der Waals surface area (Å²) < 4.78 is 1.11. The SMILES string of the molecule is Cc1nc(NCC2CC2)nc(NC2(CO)CCCC2)c1-c1nc2c(C)nccc2s1. The van der Waals surface area contributed by atoms with Crippen molar-refractivity contribution < 1.29 is 5.11 Å². The lowest BCUT2D eigenvalue weighted by molar-refractivity contribution is 0.214. The van der Waals surface area contributed by atoms with E-state index in [9.17, 15) is 5.11 Å². The highest BCUT2D eigenvalue weighted by molar-refractivity contribution is 7.21. The number of rotatable bonds is 7. The molecule has 5 rings (SSSR count). The molecule has 3 heterocycles. The van der Waals surface area contributed by atoms with Crippen LogP contribution in [0.3, 0.4) is 0 Å². The van der Waals surface area contributed by atoms with E-state index in [-0.39, 0.29) is 12.1 Å². The quantitative estimate of drug-likeness (QED) is 0.520. The summed E-state index contributed by atoms with van der Waals surface area (Å²) in [7, 11) is 0. The van der Waals surface area contributed by atoms with Crippen LogP contribution in [-0.4, -0.2) is 43.7 Å². The highest BCUT2D eigenvalue weighted by atomic mass is 32.1. The fraction of sp³-hybridized carbons (Fsp3) is 0.545. The molecule has 2 aliphatic carbocycles. The molecule has 0 atom stereocenters. The van der Waals surface area contributed by atoms with Crippen molar-refractivity contribution >= 4 is 33.3 Å². The number of fused-ring (bicyclic) bond motifs is 1. The van der Waals surface area contributed by atoms with E-state index >= 15 is 0 Å². The van der Waals surface area contributed by atoms with Crippen molar-refractivity contribution in [1.82, 2.24) is 19.9 Å². The minimum atomic E-state index is -0.322. The lowest BCUT2D eigenvalue weighted by atomic mass is 9.98. The number of nitrogens with one attached hydrogen (secondary N) is 2. The highest BCUT2D eigenvalue weighted by Crippen LogP contribution is 2.40. The maximum atomic E-state index is 10.2. The Morgan fingerprint density at radius 1 is 1.13 bits per heavy atom. The summed E-state index contributed by atoms with van der Waals surface area (Å²) in [5, 5.41) is 18.1. The standard InChI is InChI=1S/C22H28N6OS/c1-13-17(20-26-18-14(2)23-10-7-16(18)30-20)19(28-22(12-29)8-3-4-9-22)27-21(25-13)24-11-15-5-6-15/h7,10,15,29H,3-6,8-9,11-12H2,1-2H3,(H2,24,25,27,28). The van der Waals surface area contributed by atoms with Crippen LogP contribution in [0.5, 0.6) is 0 Å². The molecule has 2 fully saturated rings. The van der Waals surface area contributed by atoms with Crippen molar-refractivity contribution in [3.8, 4) is 10.6 Å². The number of aliphatic hydroxyl groups excluding tert-OH is 1. The molecular weight excluding hydrogens is 396 g/mol. The molecule has 0 radical (unpaired) electrons. The molecule has 2 saturated carbocycles. The van der Waals surface area contributed by atoms with E-state index in [1.165, 1.54) is 12.8 Å². The minimum absolute atomic E-state index is 0.100. The summed E-state index contributed by atoms with van der Waals surface area (Å²) in [6.07, 6.45) is 8.51. The number of hydrogen-bond acceptors (Lipinski definition) is 8. The molecule has 2 aliphatic rings. The fourth-order valence-electron chi connectivity index (χ4n) is 4.27. The zero-order valence-electron chi connectivity index (χ0n) is 17.5. The van der Waals surface area contributed by atoms with Crippen LogP contribution in [0.25, 0.3) is 20.8 Å². The second kappa shape index (κ2) is 7.74. The van der Waals surface area contributed by atoms with E-state index < -0.39 is 0 Å². The van der Waals surface area contributed by atoms with Crippen LogP contribution in [0, 0.1) is 19.8 Å². The zero-order chi connectivity index (χ0) is 20.7. The molecular formula is C22H28N6OS. The monoisotopic (exact) mass is 424 g/mol. The van der Waals surface area contributed by atoms with Gasteiger partial charge >= 0.3 is 0 Å². The Morgan fingerprint density at radius 2 is 1.93 bits per heavy atom. The summed E-state index contributed by atoms with van der Waals surface area (Å²) in [6, 6.07) is 2.00. The van der Waals surface area contributed by atoms with Crippen molar-refractivity contribution in [3.63, 3.8) is 0 Å². The lowest BCUT2D eigenvalue weighted by Crippen LogP contribution is -2.39.